The Morgan fingerprint density at radius 2 is 1.81 bits per heavy atom. The van der Waals surface area contributed by atoms with E-state index in [1.54, 1.807) is 6.07 Å². The summed E-state index contributed by atoms with van der Waals surface area (Å²) in [7, 11) is 0. The maximum Gasteiger partial charge on any atom is 0.264 e. The average molecular weight is 426 g/mol. The van der Waals surface area contributed by atoms with Crippen LogP contribution in [0.25, 0.3) is 6.08 Å². The van der Waals surface area contributed by atoms with E-state index in [-0.39, 0.29) is 5.91 Å². The molecule has 1 heterocycles. The van der Waals surface area contributed by atoms with Gasteiger partial charge in [0.25, 0.3) is 5.91 Å². The van der Waals surface area contributed by atoms with E-state index in [9.17, 15) is 4.79 Å². The van der Waals surface area contributed by atoms with Gasteiger partial charge in [-0.15, -0.1) is 0 Å². The van der Waals surface area contributed by atoms with Crippen molar-refractivity contribution in [3.05, 3.63) is 100.0 Å². The minimum Gasteiger partial charge on any atom is -0.489 e. The summed E-state index contributed by atoms with van der Waals surface area (Å²) in [6.07, 6.45) is 1.83. The Balaban J connectivity index is 1.41. The van der Waals surface area contributed by atoms with E-state index in [0.29, 0.717) is 28.0 Å². The molecule has 3 aromatic rings. The molecular weight excluding hydrogens is 406 g/mol. The molecule has 1 aliphatic heterocycles. The number of nitrogens with zero attached hydrogens (tertiary/aromatic N) is 2. The van der Waals surface area contributed by atoms with Crippen molar-refractivity contribution in [2.45, 2.75) is 13.5 Å². The van der Waals surface area contributed by atoms with Crippen LogP contribution < -0.4 is 10.1 Å². The Morgan fingerprint density at radius 1 is 1.06 bits per heavy atom. The van der Waals surface area contributed by atoms with Gasteiger partial charge in [0, 0.05) is 5.56 Å². The summed E-state index contributed by atoms with van der Waals surface area (Å²) in [4.78, 5) is 17.4. The number of carbonyl (C=O) groups excluding carboxylic acids is 1. The molecule has 5 nitrogen and oxygen atoms in total. The number of thioether (sulfide) groups is 1. The third kappa shape index (κ3) is 5.21. The van der Waals surface area contributed by atoms with Crippen molar-refractivity contribution >= 4 is 34.6 Å². The van der Waals surface area contributed by atoms with Crippen LogP contribution in [0.15, 0.2) is 82.7 Å². The Morgan fingerprint density at radius 3 is 2.55 bits per heavy atom. The molecule has 152 valence electrons. The largest absolute Gasteiger partial charge is 0.489 e. The fourth-order valence-electron chi connectivity index (χ4n) is 2.95. The molecular formula is C25H19N3O2S. The van der Waals surface area contributed by atoms with Crippen LogP contribution in [0.5, 0.6) is 5.75 Å². The first-order valence-corrected chi connectivity index (χ1v) is 10.5. The van der Waals surface area contributed by atoms with E-state index in [2.05, 4.69) is 16.4 Å². The Labute approximate surface area is 185 Å². The van der Waals surface area contributed by atoms with Gasteiger partial charge in [-0.25, -0.2) is 4.99 Å². The van der Waals surface area contributed by atoms with Crippen LogP contribution in [0.4, 0.5) is 5.69 Å². The monoisotopic (exact) mass is 425 g/mol. The van der Waals surface area contributed by atoms with Crippen molar-refractivity contribution in [1.29, 1.82) is 5.26 Å². The van der Waals surface area contributed by atoms with Crippen molar-refractivity contribution in [2.24, 2.45) is 4.99 Å². The number of hydrogen-bond donors (Lipinski definition) is 1. The van der Waals surface area contributed by atoms with E-state index < -0.39 is 0 Å². The normalized spacial score (nSPS) is 15.7. The van der Waals surface area contributed by atoms with Crippen molar-refractivity contribution in [3.63, 3.8) is 0 Å². The van der Waals surface area contributed by atoms with E-state index in [1.165, 1.54) is 11.8 Å². The second-order valence-electron chi connectivity index (χ2n) is 6.94. The Hall–Kier alpha value is -3.82. The lowest BCUT2D eigenvalue weighted by molar-refractivity contribution is -0.115. The molecule has 1 N–H and O–H groups in total. The predicted molar refractivity (Wildman–Crippen MR) is 124 cm³/mol. The first kappa shape index (κ1) is 20.5. The molecule has 0 atom stereocenters. The highest BCUT2D eigenvalue weighted by Crippen LogP contribution is 2.28. The van der Waals surface area contributed by atoms with Gasteiger partial charge in [0.1, 0.15) is 12.4 Å². The van der Waals surface area contributed by atoms with Crippen LogP contribution in [-0.2, 0) is 11.4 Å². The van der Waals surface area contributed by atoms with Crippen molar-refractivity contribution in [2.75, 3.05) is 0 Å². The van der Waals surface area contributed by atoms with E-state index in [1.807, 2.05) is 79.7 Å². The molecule has 3 aromatic carbocycles. The summed E-state index contributed by atoms with van der Waals surface area (Å²) in [5.74, 6) is 0.532. The number of amidine groups is 1. The molecule has 1 saturated heterocycles. The van der Waals surface area contributed by atoms with E-state index >= 15 is 0 Å². The highest BCUT2D eigenvalue weighted by molar-refractivity contribution is 8.18. The quantitative estimate of drug-likeness (QED) is 0.560. The van der Waals surface area contributed by atoms with Gasteiger partial charge in [0.05, 0.1) is 22.2 Å². The van der Waals surface area contributed by atoms with Gasteiger partial charge in [0.2, 0.25) is 0 Å². The van der Waals surface area contributed by atoms with Crippen molar-refractivity contribution in [3.8, 4) is 11.8 Å². The number of hydrogen-bond acceptors (Lipinski definition) is 5. The van der Waals surface area contributed by atoms with Gasteiger partial charge in [-0.1, -0.05) is 48.0 Å². The molecule has 1 aliphatic rings. The van der Waals surface area contributed by atoms with Crippen LogP contribution in [-0.4, -0.2) is 11.1 Å². The third-order valence-electron chi connectivity index (χ3n) is 4.63. The highest BCUT2D eigenvalue weighted by atomic mass is 32.2. The molecule has 0 bridgehead atoms. The zero-order valence-corrected chi connectivity index (χ0v) is 17.6. The first-order chi connectivity index (χ1) is 15.1. The smallest absolute Gasteiger partial charge is 0.264 e. The van der Waals surface area contributed by atoms with E-state index in [4.69, 9.17) is 10.00 Å². The molecule has 4 rings (SSSR count). The summed E-state index contributed by atoms with van der Waals surface area (Å²) in [6.45, 7) is 2.34. The number of benzene rings is 3. The SMILES string of the molecule is Cc1ccc(N=C2NC(=O)C(=Cc3ccc(OCc4ccccc4C#N)cc3)S2)cc1. The molecule has 0 radical (unpaired) electrons. The predicted octanol–water partition coefficient (Wildman–Crippen LogP) is 5.34. The van der Waals surface area contributed by atoms with Crippen molar-refractivity contribution < 1.29 is 9.53 Å². The molecule has 0 aromatic heterocycles. The molecule has 0 saturated carbocycles. The summed E-state index contributed by atoms with van der Waals surface area (Å²) in [6, 6.07) is 24.8. The molecule has 31 heavy (non-hydrogen) atoms. The van der Waals surface area contributed by atoms with Gasteiger partial charge in [-0.3, -0.25) is 4.79 Å². The lowest BCUT2D eigenvalue weighted by Gasteiger charge is -2.07. The number of nitrogens with one attached hydrogen (secondary N) is 1. The number of aryl methyl sites for hydroxylation is 1. The van der Waals surface area contributed by atoms with Gasteiger partial charge in [0.15, 0.2) is 5.17 Å². The number of nitriles is 1. The minimum absolute atomic E-state index is 0.163. The zero-order valence-electron chi connectivity index (χ0n) is 16.8. The standard InChI is InChI=1S/C25H19N3O2S/c1-17-6-10-21(11-7-17)27-25-28-24(29)23(31-25)14-18-8-12-22(13-9-18)30-16-20-5-3-2-4-19(20)15-26/h2-14H,16H2,1H3,(H,27,28,29). The molecule has 0 aliphatic carbocycles. The summed E-state index contributed by atoms with van der Waals surface area (Å²) >= 11 is 1.32. The molecule has 6 heteroatoms. The van der Waals surface area contributed by atoms with Crippen LogP contribution in [0.3, 0.4) is 0 Å². The molecule has 0 unspecified atom stereocenters. The number of rotatable bonds is 5. The zero-order chi connectivity index (χ0) is 21.6. The highest BCUT2D eigenvalue weighted by Gasteiger charge is 2.23. The fraction of sp³-hybridized carbons (Fsp3) is 0.0800. The second-order valence-corrected chi connectivity index (χ2v) is 7.97. The lowest BCUT2D eigenvalue weighted by atomic mass is 10.1. The van der Waals surface area contributed by atoms with Crippen LogP contribution in [0.2, 0.25) is 0 Å². The summed E-state index contributed by atoms with van der Waals surface area (Å²) < 4.78 is 5.80. The average Bonchev–Trinajstić information content (AvgIpc) is 3.13. The maximum absolute atomic E-state index is 12.3. The second kappa shape index (κ2) is 9.33. The number of aliphatic imine (C=N–C) groups is 1. The van der Waals surface area contributed by atoms with Gasteiger partial charge in [-0.05, 0) is 60.7 Å². The van der Waals surface area contributed by atoms with Gasteiger partial charge >= 0.3 is 0 Å². The summed E-state index contributed by atoms with van der Waals surface area (Å²) in [5, 5.41) is 12.5. The number of amides is 1. The third-order valence-corrected chi connectivity index (χ3v) is 5.54. The lowest BCUT2D eigenvalue weighted by Crippen LogP contribution is -2.19. The molecule has 1 fully saturated rings. The Bertz CT molecular complexity index is 1210. The van der Waals surface area contributed by atoms with Crippen LogP contribution in [0.1, 0.15) is 22.3 Å². The number of ether oxygens (including phenoxy) is 1. The van der Waals surface area contributed by atoms with E-state index in [0.717, 1.165) is 22.4 Å². The molecule has 1 amide bonds. The van der Waals surface area contributed by atoms with Crippen LogP contribution >= 0.6 is 11.8 Å². The van der Waals surface area contributed by atoms with Crippen LogP contribution in [0, 0.1) is 18.3 Å². The maximum atomic E-state index is 12.3. The summed E-state index contributed by atoms with van der Waals surface area (Å²) in [5.41, 5.74) is 4.30. The van der Waals surface area contributed by atoms with Gasteiger partial charge < -0.3 is 10.1 Å². The molecule has 0 spiro atoms. The Kier molecular flexibility index (Phi) is 6.16. The van der Waals surface area contributed by atoms with Crippen molar-refractivity contribution in [1.82, 2.24) is 5.32 Å². The fourth-order valence-corrected chi connectivity index (χ4v) is 3.79. The number of carbonyl (C=O) groups is 1. The van der Waals surface area contributed by atoms with Gasteiger partial charge in [-0.2, -0.15) is 5.26 Å². The first-order valence-electron chi connectivity index (χ1n) is 9.68. The topological polar surface area (TPSA) is 74.5 Å². The minimum atomic E-state index is -0.163.